The molecule has 0 aliphatic rings. The number of aromatic nitrogens is 3. The third kappa shape index (κ3) is 3.61. The summed E-state index contributed by atoms with van der Waals surface area (Å²) < 4.78 is 7.43. The molecule has 0 bridgehead atoms. The second-order valence-corrected chi connectivity index (χ2v) is 9.03. The number of carbonyl (C=O) groups is 1. The van der Waals surface area contributed by atoms with Crippen molar-refractivity contribution in [2.24, 2.45) is 0 Å². The van der Waals surface area contributed by atoms with E-state index in [1.807, 2.05) is 0 Å². The summed E-state index contributed by atoms with van der Waals surface area (Å²) in [4.78, 5) is 42.1. The van der Waals surface area contributed by atoms with Crippen molar-refractivity contribution in [2.45, 2.75) is 32.0 Å². The van der Waals surface area contributed by atoms with Gasteiger partial charge in [0, 0.05) is 5.56 Å². The van der Waals surface area contributed by atoms with Gasteiger partial charge in [-0.25, -0.2) is 19.1 Å². The minimum atomic E-state index is -1.81. The van der Waals surface area contributed by atoms with Gasteiger partial charge in [0.15, 0.2) is 9.43 Å². The number of hydrogen-bond donors (Lipinski definition) is 2. The Morgan fingerprint density at radius 1 is 1.34 bits per heavy atom. The van der Waals surface area contributed by atoms with Gasteiger partial charge < -0.3 is 14.9 Å². The molecule has 2 N–H and O–H groups in total. The van der Waals surface area contributed by atoms with Crippen molar-refractivity contribution in [3.05, 3.63) is 54.6 Å². The maximum absolute atomic E-state index is 13.2. The maximum Gasteiger partial charge on any atom is 0.333 e. The number of carboxylic acids is 1. The number of rotatable bonds is 6. The van der Waals surface area contributed by atoms with Gasteiger partial charge in [0.2, 0.25) is 0 Å². The molecule has 3 rings (SSSR count). The maximum atomic E-state index is 13.2. The third-order valence-electron chi connectivity index (χ3n) is 4.59. The summed E-state index contributed by atoms with van der Waals surface area (Å²) in [6.45, 7) is 2.29. The number of carboxylic acid groups (broad SMARTS) is 1. The predicted molar refractivity (Wildman–Crippen MR) is 111 cm³/mol. The molecule has 154 valence electrons. The van der Waals surface area contributed by atoms with Crippen molar-refractivity contribution < 1.29 is 19.7 Å². The van der Waals surface area contributed by atoms with Crippen LogP contribution in [0.25, 0.3) is 10.3 Å². The van der Waals surface area contributed by atoms with Gasteiger partial charge in [-0.2, -0.15) is 0 Å². The first kappa shape index (κ1) is 21.2. The van der Waals surface area contributed by atoms with E-state index in [0.717, 1.165) is 11.3 Å². The minimum absolute atomic E-state index is 0.0528. The number of halogens is 1. The number of para-hydroxylation sites is 1. The first-order chi connectivity index (χ1) is 13.6. The molecule has 2 heterocycles. The molecule has 11 heteroatoms. The number of thiazole rings is 1. The van der Waals surface area contributed by atoms with E-state index in [1.54, 1.807) is 24.3 Å². The second-order valence-electron chi connectivity index (χ2n) is 6.78. The van der Waals surface area contributed by atoms with Gasteiger partial charge in [-0.15, -0.1) is 0 Å². The standard InChI is InChI=1S/C18H18BrN3O6S/c1-18(2,15(25)26)22-13(24)12-14(29-16(19)20-12)21(17(22)27)8-10(23)9-6-4-5-7-11(9)28-3/h4-7,10,23H,8H2,1-3H3,(H,25,26). The smallest absolute Gasteiger partial charge is 0.333 e. The molecule has 0 amide bonds. The first-order valence-corrected chi connectivity index (χ1v) is 10.1. The lowest BCUT2D eigenvalue weighted by Gasteiger charge is -2.23. The molecule has 3 aromatic rings. The fourth-order valence-corrected chi connectivity index (χ4v) is 4.40. The van der Waals surface area contributed by atoms with E-state index in [-0.39, 0.29) is 16.9 Å². The van der Waals surface area contributed by atoms with Crippen LogP contribution in [0.15, 0.2) is 37.8 Å². The molecule has 0 aliphatic heterocycles. The molecular formula is C18H18BrN3O6S. The normalized spacial score (nSPS) is 12.9. The molecule has 1 unspecified atom stereocenters. The lowest BCUT2D eigenvalue weighted by Crippen LogP contribution is -2.52. The van der Waals surface area contributed by atoms with Gasteiger partial charge in [0.05, 0.1) is 13.7 Å². The number of aliphatic carboxylic acids is 1. The van der Waals surface area contributed by atoms with E-state index in [9.17, 15) is 24.6 Å². The molecule has 0 spiro atoms. The van der Waals surface area contributed by atoms with Crippen molar-refractivity contribution in [3.63, 3.8) is 0 Å². The molecule has 1 atom stereocenters. The van der Waals surface area contributed by atoms with Crippen LogP contribution in [0.2, 0.25) is 0 Å². The predicted octanol–water partition coefficient (Wildman–Crippen LogP) is 1.94. The van der Waals surface area contributed by atoms with E-state index in [0.29, 0.717) is 19.8 Å². The van der Waals surface area contributed by atoms with Crippen LogP contribution in [0.1, 0.15) is 25.5 Å². The third-order valence-corrected chi connectivity index (χ3v) is 6.12. The molecule has 0 aliphatic carbocycles. The van der Waals surface area contributed by atoms with Crippen LogP contribution in [0.4, 0.5) is 0 Å². The van der Waals surface area contributed by atoms with Crippen molar-refractivity contribution in [2.75, 3.05) is 7.11 Å². The Morgan fingerprint density at radius 3 is 2.62 bits per heavy atom. The highest BCUT2D eigenvalue weighted by atomic mass is 79.9. The number of fused-ring (bicyclic) bond motifs is 1. The highest BCUT2D eigenvalue weighted by Gasteiger charge is 2.35. The largest absolute Gasteiger partial charge is 0.496 e. The molecule has 0 fully saturated rings. The second kappa shape index (κ2) is 7.73. The van der Waals surface area contributed by atoms with Gasteiger partial charge in [0.1, 0.15) is 22.2 Å². The summed E-state index contributed by atoms with van der Waals surface area (Å²) in [6.07, 6.45) is -1.15. The summed E-state index contributed by atoms with van der Waals surface area (Å²) >= 11 is 4.25. The van der Waals surface area contributed by atoms with Crippen molar-refractivity contribution in [1.82, 2.24) is 14.1 Å². The van der Waals surface area contributed by atoms with Gasteiger partial charge in [-0.3, -0.25) is 9.36 Å². The number of hydrogen-bond acceptors (Lipinski definition) is 7. The Bertz CT molecular complexity index is 1210. The SMILES string of the molecule is COc1ccccc1C(O)Cn1c(=O)n(C(C)(C)C(=O)O)c(=O)c2nc(Br)sc21. The van der Waals surface area contributed by atoms with E-state index in [4.69, 9.17) is 4.74 Å². The number of aliphatic hydroxyl groups is 1. The average molecular weight is 484 g/mol. The first-order valence-electron chi connectivity index (χ1n) is 8.46. The lowest BCUT2D eigenvalue weighted by atomic mass is 10.1. The summed E-state index contributed by atoms with van der Waals surface area (Å²) in [6, 6.07) is 6.80. The minimum Gasteiger partial charge on any atom is -0.496 e. The zero-order valence-corrected chi connectivity index (χ0v) is 18.2. The van der Waals surface area contributed by atoms with E-state index >= 15 is 0 Å². The molecular weight excluding hydrogens is 466 g/mol. The fourth-order valence-electron chi connectivity index (χ4n) is 2.97. The monoisotopic (exact) mass is 483 g/mol. The lowest BCUT2D eigenvalue weighted by molar-refractivity contribution is -0.146. The highest BCUT2D eigenvalue weighted by Crippen LogP contribution is 2.28. The topological polar surface area (TPSA) is 124 Å². The summed E-state index contributed by atoms with van der Waals surface area (Å²) in [7, 11) is 1.46. The Kier molecular flexibility index (Phi) is 5.65. The summed E-state index contributed by atoms with van der Waals surface area (Å²) in [5.41, 5.74) is -3.06. The molecule has 9 nitrogen and oxygen atoms in total. The Hall–Kier alpha value is -2.50. The summed E-state index contributed by atoms with van der Waals surface area (Å²) in [5.74, 6) is -0.906. The molecule has 0 saturated heterocycles. The van der Waals surface area contributed by atoms with Gasteiger partial charge in [-0.1, -0.05) is 29.5 Å². The summed E-state index contributed by atoms with van der Waals surface area (Å²) in [5, 5.41) is 20.3. The highest BCUT2D eigenvalue weighted by molar-refractivity contribution is 9.11. The Morgan fingerprint density at radius 2 is 2.00 bits per heavy atom. The number of methoxy groups -OCH3 is 1. The average Bonchev–Trinajstić information content (AvgIpc) is 3.06. The zero-order valence-electron chi connectivity index (χ0n) is 15.7. The van der Waals surface area contributed by atoms with Crippen molar-refractivity contribution in [1.29, 1.82) is 0 Å². The number of aliphatic hydroxyl groups excluding tert-OH is 1. The molecule has 0 radical (unpaired) electrons. The number of nitrogens with zero attached hydrogens (tertiary/aromatic N) is 3. The zero-order chi connectivity index (χ0) is 21.5. The van der Waals surface area contributed by atoms with E-state index in [2.05, 4.69) is 20.9 Å². The van der Waals surface area contributed by atoms with Crippen LogP contribution in [0.5, 0.6) is 5.75 Å². The van der Waals surface area contributed by atoms with Gasteiger partial charge >= 0.3 is 11.7 Å². The Labute approximate surface area is 176 Å². The van der Waals surface area contributed by atoms with Crippen LogP contribution in [-0.4, -0.2) is 37.4 Å². The van der Waals surface area contributed by atoms with Crippen LogP contribution < -0.4 is 16.0 Å². The number of ether oxygens (including phenoxy) is 1. The molecule has 1 aromatic carbocycles. The Balaban J connectivity index is 2.26. The van der Waals surface area contributed by atoms with Crippen molar-refractivity contribution >= 4 is 43.6 Å². The van der Waals surface area contributed by atoms with Crippen LogP contribution in [-0.2, 0) is 16.9 Å². The van der Waals surface area contributed by atoms with Crippen LogP contribution in [0.3, 0.4) is 0 Å². The molecule has 0 saturated carbocycles. The quantitative estimate of drug-likeness (QED) is 0.548. The van der Waals surface area contributed by atoms with E-state index in [1.165, 1.54) is 25.5 Å². The van der Waals surface area contributed by atoms with Gasteiger partial charge in [-0.05, 0) is 35.8 Å². The number of benzene rings is 1. The van der Waals surface area contributed by atoms with Crippen LogP contribution in [0, 0.1) is 0 Å². The van der Waals surface area contributed by atoms with Gasteiger partial charge in [0.25, 0.3) is 5.56 Å². The molecule has 2 aromatic heterocycles. The van der Waals surface area contributed by atoms with E-state index < -0.39 is 28.9 Å². The fraction of sp³-hybridized carbons (Fsp3) is 0.333. The molecule has 29 heavy (non-hydrogen) atoms. The van der Waals surface area contributed by atoms with Crippen molar-refractivity contribution in [3.8, 4) is 5.75 Å². The van der Waals surface area contributed by atoms with Crippen LogP contribution >= 0.6 is 27.3 Å².